The highest BCUT2D eigenvalue weighted by atomic mass is 32.2. The number of nitrogens with zero attached hydrogens (tertiary/aromatic N) is 3. The van der Waals surface area contributed by atoms with Crippen LogP contribution in [0, 0.1) is 5.82 Å². The normalized spacial score (nSPS) is 14.6. The van der Waals surface area contributed by atoms with Crippen molar-refractivity contribution < 1.29 is 18.1 Å². The molecule has 0 saturated carbocycles. The zero-order valence-electron chi connectivity index (χ0n) is 19.2. The minimum atomic E-state index is -1.36. The molecule has 4 rings (SSSR count). The third-order valence-electron chi connectivity index (χ3n) is 5.51. The average molecular weight is 486 g/mol. The molecule has 2 aromatic heterocycles. The lowest BCUT2D eigenvalue weighted by molar-refractivity contribution is 0.122. The zero-order valence-corrected chi connectivity index (χ0v) is 20.0. The first-order valence-electron chi connectivity index (χ1n) is 11.1. The number of nitrogen functional groups attached to an aromatic ring is 1. The minimum absolute atomic E-state index is 0.00112. The van der Waals surface area contributed by atoms with Gasteiger partial charge in [0.15, 0.2) is 11.6 Å². The molecule has 0 bridgehead atoms. The van der Waals surface area contributed by atoms with E-state index in [0.29, 0.717) is 35.8 Å². The monoisotopic (exact) mass is 485 g/mol. The van der Waals surface area contributed by atoms with Crippen molar-refractivity contribution in [3.63, 3.8) is 0 Å². The van der Waals surface area contributed by atoms with E-state index in [1.54, 1.807) is 18.5 Å². The predicted molar refractivity (Wildman–Crippen MR) is 134 cm³/mol. The molecule has 1 unspecified atom stereocenters. The number of aromatic nitrogens is 2. The van der Waals surface area contributed by atoms with E-state index in [9.17, 15) is 8.60 Å². The van der Waals surface area contributed by atoms with E-state index >= 15 is 0 Å². The van der Waals surface area contributed by atoms with Crippen molar-refractivity contribution >= 4 is 28.3 Å². The molecule has 0 radical (unpaired) electrons. The Balaban J connectivity index is 1.67. The molecule has 1 saturated heterocycles. The van der Waals surface area contributed by atoms with Crippen LogP contribution in [-0.4, -0.2) is 53.3 Å². The van der Waals surface area contributed by atoms with Crippen LogP contribution in [0.5, 0.6) is 5.75 Å². The molecule has 3 heterocycles. The summed E-state index contributed by atoms with van der Waals surface area (Å²) in [7, 11) is 0.00758. The summed E-state index contributed by atoms with van der Waals surface area (Å²) in [6.07, 6.45) is 4.18. The van der Waals surface area contributed by atoms with Crippen LogP contribution in [0.1, 0.15) is 13.3 Å². The summed E-state index contributed by atoms with van der Waals surface area (Å²) < 4.78 is 40.5. The van der Waals surface area contributed by atoms with Crippen LogP contribution >= 0.6 is 0 Å². The van der Waals surface area contributed by atoms with Crippen LogP contribution in [0.2, 0.25) is 0 Å². The Kier molecular flexibility index (Phi) is 7.59. The summed E-state index contributed by atoms with van der Waals surface area (Å²) in [5, 5.41) is 0. The van der Waals surface area contributed by atoms with Crippen molar-refractivity contribution in [3.8, 4) is 28.0 Å². The van der Waals surface area contributed by atoms with Crippen molar-refractivity contribution in [2.45, 2.75) is 13.3 Å². The molecule has 8 nitrogen and oxygen atoms in total. The highest BCUT2D eigenvalue weighted by molar-refractivity contribution is 7.86. The Morgan fingerprint density at radius 1 is 1.15 bits per heavy atom. The van der Waals surface area contributed by atoms with Gasteiger partial charge in [0.05, 0.1) is 26.0 Å². The lowest BCUT2D eigenvalue weighted by atomic mass is 10.0. The largest absolute Gasteiger partial charge is 0.492 e. The molecule has 34 heavy (non-hydrogen) atoms. The molecule has 1 aliphatic heterocycles. The van der Waals surface area contributed by atoms with E-state index in [0.717, 1.165) is 36.5 Å². The van der Waals surface area contributed by atoms with E-state index in [1.807, 2.05) is 25.1 Å². The van der Waals surface area contributed by atoms with E-state index in [-0.39, 0.29) is 11.6 Å². The number of nitrogens with one attached hydrogen (secondary N) is 1. The van der Waals surface area contributed by atoms with Crippen molar-refractivity contribution in [3.05, 3.63) is 48.5 Å². The van der Waals surface area contributed by atoms with Gasteiger partial charge < -0.3 is 24.8 Å². The second-order valence-electron chi connectivity index (χ2n) is 7.85. The van der Waals surface area contributed by atoms with Gasteiger partial charge in [-0.3, -0.25) is 0 Å². The number of hydrogen-bond acceptors (Lipinski definition) is 7. The maximum atomic E-state index is 14.9. The summed E-state index contributed by atoms with van der Waals surface area (Å²) in [5.41, 5.74) is 9.17. The number of nitrogens with two attached hydrogens (primary N) is 1. The van der Waals surface area contributed by atoms with Gasteiger partial charge in [0.25, 0.3) is 0 Å². The number of halogens is 1. The molecular formula is C24H28FN5O3S. The number of anilines is 3. The third kappa shape index (κ3) is 5.28. The topological polar surface area (TPSA) is 103 Å². The number of ether oxygens (including phenoxy) is 2. The molecule has 3 aromatic rings. The van der Waals surface area contributed by atoms with Gasteiger partial charge in [-0.25, -0.2) is 18.6 Å². The zero-order chi connectivity index (χ0) is 24.1. The summed E-state index contributed by atoms with van der Waals surface area (Å²) in [6, 6.07) is 8.80. The maximum absolute atomic E-state index is 14.9. The van der Waals surface area contributed by atoms with Crippen LogP contribution in [0.25, 0.3) is 22.3 Å². The van der Waals surface area contributed by atoms with Crippen molar-refractivity contribution in [2.75, 3.05) is 54.5 Å². The smallest absolute Gasteiger partial charge is 0.178 e. The van der Waals surface area contributed by atoms with E-state index in [4.69, 9.17) is 15.2 Å². The van der Waals surface area contributed by atoms with Crippen molar-refractivity contribution in [2.24, 2.45) is 0 Å². The van der Waals surface area contributed by atoms with Gasteiger partial charge in [-0.15, -0.1) is 0 Å². The average Bonchev–Trinajstić information content (AvgIpc) is 2.85. The number of pyridine rings is 2. The van der Waals surface area contributed by atoms with Gasteiger partial charge >= 0.3 is 0 Å². The fraction of sp³-hybridized carbons (Fsp3) is 0.333. The molecule has 0 spiro atoms. The molecule has 1 aliphatic rings. The third-order valence-corrected chi connectivity index (χ3v) is 6.73. The SMILES string of the molecule is CCCS(=O)Nc1cc(-c2cc(-c3ccc(N4CCOCC4)nc3)cnc2N)cc(F)c1OC. The standard InChI is InChI=1S/C24H28FN5O3S/c1-3-10-34(31)29-21-13-17(12-20(25)23(21)32-2)19-11-18(15-28-24(19)26)16-4-5-22(27-14-16)30-6-8-33-9-7-30/h4-5,11-15,29H,3,6-10H2,1-2H3,(H2,26,28). The van der Waals surface area contributed by atoms with Gasteiger partial charge in [-0.05, 0) is 42.3 Å². The second-order valence-corrected chi connectivity index (χ2v) is 9.16. The van der Waals surface area contributed by atoms with Crippen LogP contribution < -0.4 is 20.1 Å². The molecule has 3 N–H and O–H groups in total. The Bertz CT molecular complexity index is 1170. The Labute approximate surface area is 200 Å². The van der Waals surface area contributed by atoms with Crippen LogP contribution in [-0.2, 0) is 15.7 Å². The molecule has 1 atom stereocenters. The van der Waals surface area contributed by atoms with Gasteiger partial charge in [-0.1, -0.05) is 6.92 Å². The quantitative estimate of drug-likeness (QED) is 0.499. The van der Waals surface area contributed by atoms with E-state index in [1.165, 1.54) is 13.2 Å². The molecular weight excluding hydrogens is 457 g/mol. The van der Waals surface area contributed by atoms with Crippen LogP contribution in [0.4, 0.5) is 21.7 Å². The Morgan fingerprint density at radius 2 is 1.91 bits per heavy atom. The molecule has 1 fully saturated rings. The van der Waals surface area contributed by atoms with Gasteiger partial charge in [0, 0.05) is 47.9 Å². The molecule has 1 aromatic carbocycles. The fourth-order valence-corrected chi connectivity index (χ4v) is 4.66. The fourth-order valence-electron chi connectivity index (χ4n) is 3.79. The van der Waals surface area contributed by atoms with Crippen molar-refractivity contribution in [1.29, 1.82) is 0 Å². The number of hydrogen-bond donors (Lipinski definition) is 2. The van der Waals surface area contributed by atoms with Crippen LogP contribution in [0.3, 0.4) is 0 Å². The Hall–Kier alpha value is -3.24. The maximum Gasteiger partial charge on any atom is 0.178 e. The van der Waals surface area contributed by atoms with Gasteiger partial charge in [0.2, 0.25) is 0 Å². The van der Waals surface area contributed by atoms with Gasteiger partial charge in [0.1, 0.15) is 22.6 Å². The number of rotatable bonds is 8. The lowest BCUT2D eigenvalue weighted by Gasteiger charge is -2.27. The summed E-state index contributed by atoms with van der Waals surface area (Å²) in [6.45, 7) is 4.92. The van der Waals surface area contributed by atoms with Gasteiger partial charge in [-0.2, -0.15) is 0 Å². The lowest BCUT2D eigenvalue weighted by Crippen LogP contribution is -2.36. The second kappa shape index (κ2) is 10.8. The molecule has 0 amide bonds. The predicted octanol–water partition coefficient (Wildman–Crippen LogP) is 3.86. The first kappa shape index (κ1) is 23.9. The minimum Gasteiger partial charge on any atom is -0.492 e. The first-order valence-corrected chi connectivity index (χ1v) is 12.4. The van der Waals surface area contributed by atoms with E-state index < -0.39 is 16.8 Å². The summed E-state index contributed by atoms with van der Waals surface area (Å²) in [4.78, 5) is 11.1. The highest BCUT2D eigenvalue weighted by Gasteiger charge is 2.17. The molecule has 0 aliphatic carbocycles. The Morgan fingerprint density at radius 3 is 2.59 bits per heavy atom. The summed E-state index contributed by atoms with van der Waals surface area (Å²) in [5.74, 6) is 0.994. The number of methoxy groups -OCH3 is 1. The van der Waals surface area contributed by atoms with E-state index in [2.05, 4.69) is 19.6 Å². The van der Waals surface area contributed by atoms with Crippen molar-refractivity contribution in [1.82, 2.24) is 9.97 Å². The summed E-state index contributed by atoms with van der Waals surface area (Å²) >= 11 is 0. The van der Waals surface area contributed by atoms with Crippen LogP contribution in [0.15, 0.2) is 42.7 Å². The number of benzene rings is 1. The first-order chi connectivity index (χ1) is 16.5. The molecule has 180 valence electrons. The highest BCUT2D eigenvalue weighted by Crippen LogP contribution is 2.37. The molecule has 10 heteroatoms. The number of morpholine rings is 1.